The quantitative estimate of drug-likeness (QED) is 0.870. The van der Waals surface area contributed by atoms with Crippen molar-refractivity contribution in [2.24, 2.45) is 0 Å². The van der Waals surface area contributed by atoms with Crippen molar-refractivity contribution in [1.29, 1.82) is 5.26 Å². The van der Waals surface area contributed by atoms with Gasteiger partial charge >= 0.3 is 0 Å². The van der Waals surface area contributed by atoms with Crippen molar-refractivity contribution in [3.05, 3.63) is 65.2 Å². The third-order valence-electron chi connectivity index (χ3n) is 2.55. The molecule has 3 nitrogen and oxygen atoms in total. The van der Waals surface area contributed by atoms with Gasteiger partial charge in [0.25, 0.3) is 5.91 Å². The minimum Gasteiger partial charge on any atom is -0.322 e. The summed E-state index contributed by atoms with van der Waals surface area (Å²) in [4.78, 5) is 11.9. The molecule has 2 rings (SSSR count). The molecule has 0 aliphatic carbocycles. The lowest BCUT2D eigenvalue weighted by atomic mass is 10.1. The van der Waals surface area contributed by atoms with E-state index in [1.54, 1.807) is 30.3 Å². The molecule has 2 aromatic carbocycles. The van der Waals surface area contributed by atoms with Crippen LogP contribution in [0.4, 0.5) is 5.69 Å². The fraction of sp³-hybridized carbons (Fsp3) is 0.0667. The van der Waals surface area contributed by atoms with E-state index in [0.29, 0.717) is 16.8 Å². The van der Waals surface area contributed by atoms with Crippen LogP contribution in [0.2, 0.25) is 0 Å². The highest BCUT2D eigenvalue weighted by molar-refractivity contribution is 6.04. The fourth-order valence-corrected chi connectivity index (χ4v) is 1.62. The van der Waals surface area contributed by atoms with Gasteiger partial charge in [-0.15, -0.1) is 0 Å². The van der Waals surface area contributed by atoms with Gasteiger partial charge in [-0.05, 0) is 43.3 Å². The molecule has 0 aliphatic heterocycles. The van der Waals surface area contributed by atoms with Gasteiger partial charge in [0.05, 0.1) is 11.6 Å². The Kier molecular flexibility index (Phi) is 3.40. The second-order valence-electron chi connectivity index (χ2n) is 4.01. The van der Waals surface area contributed by atoms with Crippen LogP contribution in [-0.4, -0.2) is 5.91 Å². The second-order valence-corrected chi connectivity index (χ2v) is 4.01. The molecule has 0 atom stereocenters. The van der Waals surface area contributed by atoms with E-state index >= 15 is 0 Å². The van der Waals surface area contributed by atoms with Crippen LogP contribution in [0.25, 0.3) is 0 Å². The molecule has 1 amide bonds. The summed E-state index contributed by atoms with van der Waals surface area (Å²) in [7, 11) is 0. The van der Waals surface area contributed by atoms with Crippen LogP contribution < -0.4 is 5.32 Å². The number of anilines is 1. The second kappa shape index (κ2) is 5.15. The average Bonchev–Trinajstić information content (AvgIpc) is 2.39. The highest BCUT2D eigenvalue weighted by Gasteiger charge is 2.05. The van der Waals surface area contributed by atoms with Crippen molar-refractivity contribution in [2.45, 2.75) is 6.92 Å². The molecule has 0 saturated heterocycles. The Bertz CT molecular complexity index is 609. The predicted molar refractivity (Wildman–Crippen MR) is 70.3 cm³/mol. The summed E-state index contributed by atoms with van der Waals surface area (Å²) in [5.74, 6) is -0.150. The summed E-state index contributed by atoms with van der Waals surface area (Å²) < 4.78 is 0. The van der Waals surface area contributed by atoms with E-state index in [-0.39, 0.29) is 5.91 Å². The van der Waals surface area contributed by atoms with E-state index in [0.717, 1.165) is 5.56 Å². The molecule has 1 N–H and O–H groups in total. The molecule has 3 heteroatoms. The summed E-state index contributed by atoms with van der Waals surface area (Å²) in [5.41, 5.74) is 2.92. The zero-order valence-electron chi connectivity index (χ0n) is 9.97. The molecule has 0 fully saturated rings. The first kappa shape index (κ1) is 11.9. The largest absolute Gasteiger partial charge is 0.322 e. The van der Waals surface area contributed by atoms with Crippen LogP contribution in [-0.2, 0) is 0 Å². The topological polar surface area (TPSA) is 52.9 Å². The van der Waals surface area contributed by atoms with E-state index in [4.69, 9.17) is 5.26 Å². The van der Waals surface area contributed by atoms with Crippen molar-refractivity contribution in [1.82, 2.24) is 0 Å². The minimum atomic E-state index is -0.150. The number of benzene rings is 2. The van der Waals surface area contributed by atoms with Crippen molar-refractivity contribution in [3.63, 3.8) is 0 Å². The molecule has 0 aliphatic rings. The van der Waals surface area contributed by atoms with Gasteiger partial charge in [0.15, 0.2) is 0 Å². The smallest absolute Gasteiger partial charge is 0.255 e. The maximum Gasteiger partial charge on any atom is 0.255 e. The van der Waals surface area contributed by atoms with Crippen molar-refractivity contribution < 1.29 is 4.79 Å². The molecule has 0 radical (unpaired) electrons. The van der Waals surface area contributed by atoms with E-state index in [2.05, 4.69) is 5.32 Å². The molecular formula is C15H12N2O. The van der Waals surface area contributed by atoms with Crippen LogP contribution >= 0.6 is 0 Å². The van der Waals surface area contributed by atoms with Crippen LogP contribution in [0.5, 0.6) is 0 Å². The molecule has 0 spiro atoms. The number of hydrogen-bond acceptors (Lipinski definition) is 2. The molecule has 18 heavy (non-hydrogen) atoms. The molecular weight excluding hydrogens is 224 g/mol. The number of nitrogens with one attached hydrogen (secondary N) is 1. The van der Waals surface area contributed by atoms with Gasteiger partial charge in [-0.25, -0.2) is 0 Å². The zero-order valence-corrected chi connectivity index (χ0v) is 9.97. The third kappa shape index (κ3) is 2.74. The molecule has 0 aromatic heterocycles. The Morgan fingerprint density at radius 2 is 1.89 bits per heavy atom. The maximum atomic E-state index is 11.9. The highest BCUT2D eigenvalue weighted by atomic mass is 16.1. The first-order valence-electron chi connectivity index (χ1n) is 5.57. The summed E-state index contributed by atoms with van der Waals surface area (Å²) in [5, 5.41) is 11.5. The van der Waals surface area contributed by atoms with Crippen LogP contribution in [0.15, 0.2) is 48.5 Å². The van der Waals surface area contributed by atoms with Gasteiger partial charge in [0.1, 0.15) is 0 Å². The first-order chi connectivity index (χ1) is 8.69. The number of amides is 1. The number of hydrogen-bond donors (Lipinski definition) is 1. The normalized spacial score (nSPS) is 9.56. The van der Waals surface area contributed by atoms with E-state index in [1.807, 2.05) is 31.2 Å². The fourth-order valence-electron chi connectivity index (χ4n) is 1.62. The summed E-state index contributed by atoms with van der Waals surface area (Å²) in [6.07, 6.45) is 0. The number of nitriles is 1. The van der Waals surface area contributed by atoms with E-state index in [1.165, 1.54) is 0 Å². The Labute approximate surface area is 106 Å². The van der Waals surface area contributed by atoms with Gasteiger partial charge in [-0.2, -0.15) is 5.26 Å². The van der Waals surface area contributed by atoms with Crippen molar-refractivity contribution in [3.8, 4) is 6.07 Å². The Morgan fingerprint density at radius 1 is 1.17 bits per heavy atom. The third-order valence-corrected chi connectivity index (χ3v) is 2.55. The lowest BCUT2D eigenvalue weighted by Gasteiger charge is -2.05. The van der Waals surface area contributed by atoms with E-state index < -0.39 is 0 Å². The molecule has 0 heterocycles. The predicted octanol–water partition coefficient (Wildman–Crippen LogP) is 3.12. The Balaban J connectivity index is 2.14. The van der Waals surface area contributed by atoms with E-state index in [9.17, 15) is 4.79 Å². The highest BCUT2D eigenvalue weighted by Crippen LogP contribution is 2.11. The molecule has 0 unspecified atom stereocenters. The SMILES string of the molecule is Cc1cccc(C(=O)Nc2ccc(C#N)cc2)c1. The summed E-state index contributed by atoms with van der Waals surface area (Å²) >= 11 is 0. The molecule has 88 valence electrons. The number of nitrogens with zero attached hydrogens (tertiary/aromatic N) is 1. The van der Waals surface area contributed by atoms with Crippen molar-refractivity contribution in [2.75, 3.05) is 5.32 Å². The monoisotopic (exact) mass is 236 g/mol. The van der Waals surface area contributed by atoms with Crippen LogP contribution in [0.3, 0.4) is 0 Å². The lowest BCUT2D eigenvalue weighted by Crippen LogP contribution is -2.11. The number of rotatable bonds is 2. The summed E-state index contributed by atoms with van der Waals surface area (Å²) in [6, 6.07) is 16.2. The Morgan fingerprint density at radius 3 is 2.50 bits per heavy atom. The van der Waals surface area contributed by atoms with Gasteiger partial charge in [0.2, 0.25) is 0 Å². The molecule has 0 saturated carbocycles. The van der Waals surface area contributed by atoms with Gasteiger partial charge in [-0.1, -0.05) is 17.7 Å². The average molecular weight is 236 g/mol. The van der Waals surface area contributed by atoms with Crippen LogP contribution in [0.1, 0.15) is 21.5 Å². The van der Waals surface area contributed by atoms with Gasteiger partial charge in [-0.3, -0.25) is 4.79 Å². The number of aryl methyl sites for hydroxylation is 1. The lowest BCUT2D eigenvalue weighted by molar-refractivity contribution is 0.102. The molecule has 2 aromatic rings. The van der Waals surface area contributed by atoms with Gasteiger partial charge < -0.3 is 5.32 Å². The minimum absolute atomic E-state index is 0.150. The Hall–Kier alpha value is -2.60. The van der Waals surface area contributed by atoms with Crippen molar-refractivity contribution >= 4 is 11.6 Å². The first-order valence-corrected chi connectivity index (χ1v) is 5.57. The summed E-state index contributed by atoms with van der Waals surface area (Å²) in [6.45, 7) is 1.94. The zero-order chi connectivity index (χ0) is 13.0. The number of carbonyl (C=O) groups is 1. The maximum absolute atomic E-state index is 11.9. The standard InChI is InChI=1S/C15H12N2O/c1-11-3-2-4-13(9-11)15(18)17-14-7-5-12(10-16)6-8-14/h2-9H,1H3,(H,17,18). The molecule has 0 bridgehead atoms. The van der Waals surface area contributed by atoms with Gasteiger partial charge in [0, 0.05) is 11.3 Å². The van der Waals surface area contributed by atoms with Crippen LogP contribution in [0, 0.1) is 18.3 Å². The number of carbonyl (C=O) groups excluding carboxylic acids is 1.